The molecule has 1 aromatic rings. The second-order valence-corrected chi connectivity index (χ2v) is 8.63. The zero-order valence-electron chi connectivity index (χ0n) is 10.5. The van der Waals surface area contributed by atoms with Gasteiger partial charge in [0.25, 0.3) is 30.4 Å². The maximum absolute atomic E-state index is 11.5. The van der Waals surface area contributed by atoms with Gasteiger partial charge in [-0.3, -0.25) is 13.7 Å². The maximum atomic E-state index is 11.5. The van der Waals surface area contributed by atoms with Gasteiger partial charge in [0.15, 0.2) is 5.25 Å². The molecule has 1 aliphatic rings. The van der Waals surface area contributed by atoms with Gasteiger partial charge in [-0.1, -0.05) is 24.3 Å². The van der Waals surface area contributed by atoms with Crippen molar-refractivity contribution >= 4 is 30.4 Å². The first-order chi connectivity index (χ1) is 9.83. The molecule has 0 aliphatic heterocycles. The molecule has 1 unspecified atom stereocenters. The van der Waals surface area contributed by atoms with Gasteiger partial charge in [0.1, 0.15) is 4.91 Å². The average molecular weight is 369 g/mol. The van der Waals surface area contributed by atoms with E-state index in [4.69, 9.17) is 4.55 Å². The van der Waals surface area contributed by atoms with Gasteiger partial charge in [-0.15, -0.1) is 0 Å². The zero-order chi connectivity index (χ0) is 16.9. The Hall–Kier alpha value is -1.31. The molecule has 1 radical (unpaired) electrons. The standard InChI is InChI=1S/C10H9O9S3/c11-20(12,13)8-5-6-3-1-2-4-7(6)9(21(14,15)16)10(8)22(17,18)19/h1-5,9H,(H,11,12,13)(H,14,15,16)(H,17,18,19). The molecular weight excluding hydrogens is 360 g/mol. The highest BCUT2D eigenvalue weighted by Crippen LogP contribution is 2.43. The lowest BCUT2D eigenvalue weighted by molar-refractivity contribution is 0.465. The second kappa shape index (κ2) is 5.11. The fourth-order valence-corrected chi connectivity index (χ4v) is 5.85. The molecule has 9 nitrogen and oxygen atoms in total. The van der Waals surface area contributed by atoms with E-state index in [9.17, 15) is 34.4 Å². The van der Waals surface area contributed by atoms with E-state index in [1.165, 1.54) is 18.2 Å². The number of hydrogen-bond acceptors (Lipinski definition) is 6. The summed E-state index contributed by atoms with van der Waals surface area (Å²) in [6, 6.07) is 5.11. The van der Waals surface area contributed by atoms with Crippen molar-refractivity contribution in [3.63, 3.8) is 0 Å². The molecule has 0 fully saturated rings. The predicted molar refractivity (Wildman–Crippen MR) is 74.3 cm³/mol. The van der Waals surface area contributed by atoms with Gasteiger partial charge in [-0.05, 0) is 11.1 Å². The molecule has 0 saturated carbocycles. The quantitative estimate of drug-likeness (QED) is 0.630. The summed E-state index contributed by atoms with van der Waals surface area (Å²) < 4.78 is 96.2. The summed E-state index contributed by atoms with van der Waals surface area (Å²) in [5.74, 6) is 0. The van der Waals surface area contributed by atoms with Crippen molar-refractivity contribution in [2.45, 2.75) is 5.25 Å². The molecule has 2 rings (SSSR count). The number of benzene rings is 1. The summed E-state index contributed by atoms with van der Waals surface area (Å²) in [6.07, 6.45) is 0.690. The van der Waals surface area contributed by atoms with Gasteiger partial charge in [0, 0.05) is 6.42 Å². The molecule has 3 N–H and O–H groups in total. The van der Waals surface area contributed by atoms with Gasteiger partial charge in [-0.25, -0.2) is 0 Å². The number of rotatable bonds is 3. The molecule has 0 bridgehead atoms. The average Bonchev–Trinajstić information content (AvgIpc) is 2.33. The predicted octanol–water partition coefficient (Wildman–Crippen LogP) is 0.169. The van der Waals surface area contributed by atoms with Crippen LogP contribution in [0.1, 0.15) is 16.4 Å². The van der Waals surface area contributed by atoms with Crippen LogP contribution in [0.3, 0.4) is 0 Å². The van der Waals surface area contributed by atoms with Gasteiger partial charge in [0.05, 0.1) is 4.91 Å². The summed E-state index contributed by atoms with van der Waals surface area (Å²) >= 11 is 0. The highest BCUT2D eigenvalue weighted by Gasteiger charge is 2.45. The lowest BCUT2D eigenvalue weighted by Crippen LogP contribution is -2.28. The fourth-order valence-electron chi connectivity index (χ4n) is 2.12. The Bertz CT molecular complexity index is 968. The SMILES string of the molecule is O=S(=O)(O)C1=C(S(=O)(=O)O)C(S(=O)(=O)O)c2ccccc2[CH]1. The molecule has 0 heterocycles. The van der Waals surface area contributed by atoms with Crippen molar-refractivity contribution in [1.82, 2.24) is 0 Å². The van der Waals surface area contributed by atoms with Crippen LogP contribution in [0.4, 0.5) is 0 Å². The van der Waals surface area contributed by atoms with Crippen molar-refractivity contribution < 1.29 is 38.9 Å². The van der Waals surface area contributed by atoms with Crippen molar-refractivity contribution in [3.8, 4) is 0 Å². The molecule has 0 spiro atoms. The van der Waals surface area contributed by atoms with E-state index < -0.39 is 45.4 Å². The molecule has 0 aromatic heterocycles. The summed E-state index contributed by atoms with van der Waals surface area (Å²) in [5.41, 5.74) is -0.310. The minimum atomic E-state index is -5.36. The van der Waals surface area contributed by atoms with Crippen molar-refractivity contribution in [3.05, 3.63) is 51.6 Å². The van der Waals surface area contributed by atoms with Gasteiger partial charge in [-0.2, -0.15) is 25.3 Å². The minimum absolute atomic E-state index is 0.0508. The van der Waals surface area contributed by atoms with E-state index >= 15 is 0 Å². The summed E-state index contributed by atoms with van der Waals surface area (Å²) in [5, 5.41) is -2.37. The Balaban J connectivity index is 3.00. The van der Waals surface area contributed by atoms with E-state index in [2.05, 4.69) is 0 Å². The number of hydrogen-bond donors (Lipinski definition) is 3. The fraction of sp³-hybridized carbons (Fsp3) is 0.100. The van der Waals surface area contributed by atoms with Crippen molar-refractivity contribution in [2.75, 3.05) is 0 Å². The van der Waals surface area contributed by atoms with Crippen LogP contribution in [0, 0.1) is 6.42 Å². The van der Waals surface area contributed by atoms with Crippen LogP contribution < -0.4 is 0 Å². The highest BCUT2D eigenvalue weighted by atomic mass is 32.2. The lowest BCUT2D eigenvalue weighted by atomic mass is 9.96. The van der Waals surface area contributed by atoms with E-state index in [0.717, 1.165) is 6.07 Å². The smallest absolute Gasteiger partial charge is 0.285 e. The van der Waals surface area contributed by atoms with E-state index in [1.54, 1.807) is 0 Å². The molecule has 0 amide bonds. The first-order valence-electron chi connectivity index (χ1n) is 5.42. The Kier molecular flexibility index (Phi) is 3.96. The molecule has 1 aliphatic carbocycles. The Labute approximate surface area is 126 Å². The molecule has 22 heavy (non-hydrogen) atoms. The Morgan fingerprint density at radius 1 is 0.818 bits per heavy atom. The molecule has 1 atom stereocenters. The van der Waals surface area contributed by atoms with Crippen molar-refractivity contribution in [2.24, 2.45) is 0 Å². The summed E-state index contributed by atoms with van der Waals surface area (Å²) in [6.45, 7) is 0. The summed E-state index contributed by atoms with van der Waals surface area (Å²) in [7, 11) is -15.7. The van der Waals surface area contributed by atoms with Gasteiger partial charge < -0.3 is 0 Å². The third-order valence-electron chi connectivity index (χ3n) is 2.90. The molecule has 1 aromatic carbocycles. The molecule has 121 valence electrons. The first-order valence-corrected chi connectivity index (χ1v) is 9.81. The minimum Gasteiger partial charge on any atom is -0.285 e. The van der Waals surface area contributed by atoms with E-state index in [0.29, 0.717) is 6.42 Å². The molecule has 0 saturated heterocycles. The topological polar surface area (TPSA) is 163 Å². The second-order valence-electron chi connectivity index (χ2n) is 4.35. The van der Waals surface area contributed by atoms with Crippen LogP contribution in [0.25, 0.3) is 0 Å². The van der Waals surface area contributed by atoms with Gasteiger partial charge in [0.2, 0.25) is 0 Å². The van der Waals surface area contributed by atoms with Crippen LogP contribution in [0.5, 0.6) is 0 Å². The third kappa shape index (κ3) is 3.06. The largest absolute Gasteiger partial charge is 0.293 e. The van der Waals surface area contributed by atoms with E-state index in [1.807, 2.05) is 0 Å². The number of fused-ring (bicyclic) bond motifs is 1. The zero-order valence-corrected chi connectivity index (χ0v) is 12.9. The first kappa shape index (κ1) is 17.1. The Morgan fingerprint density at radius 2 is 1.36 bits per heavy atom. The Morgan fingerprint density at radius 3 is 1.82 bits per heavy atom. The molecule has 12 heteroatoms. The van der Waals surface area contributed by atoms with Crippen LogP contribution in [0.15, 0.2) is 34.1 Å². The third-order valence-corrected chi connectivity index (χ3v) is 6.17. The monoisotopic (exact) mass is 369 g/mol. The normalized spacial score (nSPS) is 19.9. The van der Waals surface area contributed by atoms with Crippen molar-refractivity contribution in [1.29, 1.82) is 0 Å². The number of allylic oxidation sites excluding steroid dienone is 1. The maximum Gasteiger partial charge on any atom is 0.293 e. The highest BCUT2D eigenvalue weighted by molar-refractivity contribution is 7.95. The van der Waals surface area contributed by atoms with Crippen LogP contribution in [0.2, 0.25) is 0 Å². The van der Waals surface area contributed by atoms with Crippen LogP contribution in [-0.2, 0) is 30.4 Å². The van der Waals surface area contributed by atoms with E-state index in [-0.39, 0.29) is 11.1 Å². The lowest BCUT2D eigenvalue weighted by Gasteiger charge is -2.25. The molecular formula is C10H9O9S3. The van der Waals surface area contributed by atoms with Gasteiger partial charge >= 0.3 is 0 Å². The summed E-state index contributed by atoms with van der Waals surface area (Å²) in [4.78, 5) is -2.85. The van der Waals surface area contributed by atoms with Crippen LogP contribution in [-0.4, -0.2) is 38.9 Å². The van der Waals surface area contributed by atoms with Crippen LogP contribution >= 0.6 is 0 Å².